The average Bonchev–Trinajstić information content (AvgIpc) is 2.79. The fourth-order valence-electron chi connectivity index (χ4n) is 6.44. The van der Waals surface area contributed by atoms with Crippen molar-refractivity contribution >= 4 is 11.6 Å². The van der Waals surface area contributed by atoms with Crippen molar-refractivity contribution in [3.63, 3.8) is 0 Å². The number of benzene rings is 2. The summed E-state index contributed by atoms with van der Waals surface area (Å²) < 4.78 is 0. The normalized spacial score (nSPS) is 24.7. The smallest absolute Gasteiger partial charge is 0.0481 e. The number of nitrogens with zero attached hydrogens (tertiary/aromatic N) is 2. The fourth-order valence-corrected chi connectivity index (χ4v) is 6.57. The van der Waals surface area contributed by atoms with E-state index in [1.807, 2.05) is 12.1 Å². The third-order valence-corrected chi connectivity index (χ3v) is 8.52. The first-order valence-corrected chi connectivity index (χ1v) is 12.9. The largest absolute Gasteiger partial charge is 0.317 e. The van der Waals surface area contributed by atoms with Crippen LogP contribution in [0.2, 0.25) is 5.02 Å². The molecule has 2 aliphatic heterocycles. The molecule has 3 nitrogen and oxygen atoms in total. The predicted octanol–water partition coefficient (Wildman–Crippen LogP) is 5.85. The molecular weight excluding hydrogens is 414 g/mol. The molecule has 172 valence electrons. The molecule has 2 aromatic carbocycles. The summed E-state index contributed by atoms with van der Waals surface area (Å²) in [6.07, 6.45) is 5.53. The molecule has 2 saturated heterocycles. The van der Waals surface area contributed by atoms with E-state index in [2.05, 4.69) is 65.4 Å². The third-order valence-electron chi connectivity index (χ3n) is 8.27. The molecule has 3 fully saturated rings. The van der Waals surface area contributed by atoms with Crippen LogP contribution in [-0.4, -0.2) is 48.6 Å². The van der Waals surface area contributed by atoms with Gasteiger partial charge >= 0.3 is 0 Å². The van der Waals surface area contributed by atoms with Gasteiger partial charge in [-0.3, -0.25) is 9.80 Å². The van der Waals surface area contributed by atoms with Crippen LogP contribution in [0.15, 0.2) is 48.5 Å². The Bertz CT molecular complexity index is 895. The van der Waals surface area contributed by atoms with E-state index < -0.39 is 0 Å². The van der Waals surface area contributed by atoms with E-state index in [0.29, 0.717) is 17.4 Å². The number of piperidine rings is 1. The zero-order valence-corrected chi connectivity index (χ0v) is 20.5. The van der Waals surface area contributed by atoms with Crippen LogP contribution in [0.3, 0.4) is 0 Å². The van der Waals surface area contributed by atoms with Crippen molar-refractivity contribution < 1.29 is 0 Å². The molecule has 1 saturated carbocycles. The molecule has 1 atom stereocenters. The second-order valence-corrected chi connectivity index (χ2v) is 11.1. The van der Waals surface area contributed by atoms with Crippen molar-refractivity contribution in [2.45, 2.75) is 64.1 Å². The van der Waals surface area contributed by atoms with E-state index in [0.717, 1.165) is 30.7 Å². The minimum Gasteiger partial charge on any atom is -0.317 e. The topological polar surface area (TPSA) is 18.5 Å². The maximum absolute atomic E-state index is 6.12. The fraction of sp³-hybridized carbons (Fsp3) is 0.571. The third kappa shape index (κ3) is 4.63. The first-order chi connectivity index (χ1) is 15.5. The number of hydrogen-bond donors (Lipinski definition) is 1. The van der Waals surface area contributed by atoms with Crippen molar-refractivity contribution in [3.05, 3.63) is 70.2 Å². The van der Waals surface area contributed by atoms with Crippen LogP contribution in [0.5, 0.6) is 0 Å². The van der Waals surface area contributed by atoms with Crippen LogP contribution in [0.25, 0.3) is 0 Å². The van der Waals surface area contributed by atoms with Gasteiger partial charge in [-0.1, -0.05) is 61.8 Å². The zero-order chi connectivity index (χ0) is 22.1. The van der Waals surface area contributed by atoms with Gasteiger partial charge in [-0.15, -0.1) is 0 Å². The number of hydrogen-bond acceptors (Lipinski definition) is 3. The molecule has 4 heteroatoms. The first-order valence-electron chi connectivity index (χ1n) is 12.6. The van der Waals surface area contributed by atoms with E-state index in [-0.39, 0.29) is 0 Å². The second kappa shape index (κ2) is 9.46. The standard InChI is InChI=1S/C28H38ClN3/c1-21(2)25-5-3-4-6-26(25)27-20-31(19-22-7-9-23(29)10-8-22)15-16-32(27)24-17-28(18-24)11-13-30-14-12-28/h3-10,21,24,27,30H,11-20H2,1-2H3. The molecule has 1 aliphatic carbocycles. The number of piperazine rings is 1. The van der Waals surface area contributed by atoms with Crippen LogP contribution < -0.4 is 5.32 Å². The molecule has 1 N–H and O–H groups in total. The van der Waals surface area contributed by atoms with Gasteiger partial charge in [-0.05, 0) is 78.9 Å². The quantitative estimate of drug-likeness (QED) is 0.614. The lowest BCUT2D eigenvalue weighted by Crippen LogP contribution is -2.59. The summed E-state index contributed by atoms with van der Waals surface area (Å²) in [5, 5.41) is 4.38. The van der Waals surface area contributed by atoms with Crippen molar-refractivity contribution in [3.8, 4) is 0 Å². The second-order valence-electron chi connectivity index (χ2n) is 10.7. The zero-order valence-electron chi connectivity index (χ0n) is 19.7. The van der Waals surface area contributed by atoms with E-state index >= 15 is 0 Å². The van der Waals surface area contributed by atoms with E-state index in [4.69, 9.17) is 11.6 Å². The monoisotopic (exact) mass is 451 g/mol. The Morgan fingerprint density at radius 1 is 1.00 bits per heavy atom. The highest BCUT2D eigenvalue weighted by Crippen LogP contribution is 2.52. The van der Waals surface area contributed by atoms with Crippen LogP contribution in [-0.2, 0) is 6.54 Å². The van der Waals surface area contributed by atoms with Gasteiger partial charge in [0.2, 0.25) is 0 Å². The summed E-state index contributed by atoms with van der Waals surface area (Å²) in [7, 11) is 0. The molecule has 0 aromatic heterocycles. The average molecular weight is 452 g/mol. The molecule has 3 aliphatic rings. The van der Waals surface area contributed by atoms with Gasteiger partial charge < -0.3 is 5.32 Å². The molecule has 0 amide bonds. The van der Waals surface area contributed by atoms with Crippen molar-refractivity contribution in [1.29, 1.82) is 0 Å². The Balaban J connectivity index is 1.36. The van der Waals surface area contributed by atoms with Gasteiger partial charge in [-0.25, -0.2) is 0 Å². The van der Waals surface area contributed by atoms with Gasteiger partial charge in [0.15, 0.2) is 0 Å². The van der Waals surface area contributed by atoms with Crippen LogP contribution >= 0.6 is 11.6 Å². The van der Waals surface area contributed by atoms with Gasteiger partial charge in [0.05, 0.1) is 0 Å². The lowest BCUT2D eigenvalue weighted by molar-refractivity contribution is -0.0650. The molecule has 32 heavy (non-hydrogen) atoms. The highest BCUT2D eigenvalue weighted by Gasteiger charge is 2.49. The van der Waals surface area contributed by atoms with Gasteiger partial charge in [0, 0.05) is 43.3 Å². The van der Waals surface area contributed by atoms with Crippen LogP contribution in [0, 0.1) is 5.41 Å². The lowest BCUT2D eigenvalue weighted by Gasteiger charge is -2.57. The summed E-state index contributed by atoms with van der Waals surface area (Å²) in [6, 6.07) is 18.8. The Kier molecular flexibility index (Phi) is 6.63. The first kappa shape index (κ1) is 22.4. The van der Waals surface area contributed by atoms with E-state index in [9.17, 15) is 0 Å². The van der Waals surface area contributed by atoms with E-state index in [1.165, 1.54) is 56.4 Å². The minimum absolute atomic E-state index is 0.485. The van der Waals surface area contributed by atoms with Crippen molar-refractivity contribution in [1.82, 2.24) is 15.1 Å². The number of halogens is 1. The Morgan fingerprint density at radius 3 is 2.44 bits per heavy atom. The summed E-state index contributed by atoms with van der Waals surface area (Å²) in [5.74, 6) is 0.553. The molecule has 1 spiro atoms. The molecule has 0 bridgehead atoms. The Morgan fingerprint density at radius 2 is 1.72 bits per heavy atom. The maximum Gasteiger partial charge on any atom is 0.0481 e. The SMILES string of the molecule is CC(C)c1ccccc1C1CN(Cc2ccc(Cl)cc2)CCN1C1CC2(CCNCC2)C1. The molecular formula is C28H38ClN3. The summed E-state index contributed by atoms with van der Waals surface area (Å²) in [6.45, 7) is 11.5. The summed E-state index contributed by atoms with van der Waals surface area (Å²) >= 11 is 6.12. The van der Waals surface area contributed by atoms with Crippen molar-refractivity contribution in [2.24, 2.45) is 5.41 Å². The predicted molar refractivity (Wildman–Crippen MR) is 134 cm³/mol. The highest BCUT2D eigenvalue weighted by atomic mass is 35.5. The summed E-state index contributed by atoms with van der Waals surface area (Å²) in [4.78, 5) is 5.54. The minimum atomic E-state index is 0.485. The lowest BCUT2D eigenvalue weighted by atomic mass is 9.60. The number of nitrogens with one attached hydrogen (secondary N) is 1. The van der Waals surface area contributed by atoms with Gasteiger partial charge in [-0.2, -0.15) is 0 Å². The van der Waals surface area contributed by atoms with Gasteiger partial charge in [0.25, 0.3) is 0 Å². The molecule has 1 unspecified atom stereocenters. The molecule has 2 aromatic rings. The van der Waals surface area contributed by atoms with Crippen molar-refractivity contribution in [2.75, 3.05) is 32.7 Å². The number of rotatable bonds is 5. The summed E-state index contributed by atoms with van der Waals surface area (Å²) in [5.41, 5.74) is 5.05. The maximum atomic E-state index is 6.12. The Labute approximate surface area is 199 Å². The van der Waals surface area contributed by atoms with E-state index in [1.54, 1.807) is 5.56 Å². The highest BCUT2D eigenvalue weighted by molar-refractivity contribution is 6.30. The molecule has 5 rings (SSSR count). The van der Waals surface area contributed by atoms with Crippen LogP contribution in [0.4, 0.5) is 0 Å². The molecule has 2 heterocycles. The van der Waals surface area contributed by atoms with Crippen LogP contribution in [0.1, 0.15) is 68.2 Å². The molecule has 0 radical (unpaired) electrons. The van der Waals surface area contributed by atoms with Gasteiger partial charge in [0.1, 0.15) is 0 Å². The Hall–Kier alpha value is -1.39.